The van der Waals surface area contributed by atoms with Gasteiger partial charge in [0, 0.05) is 11.6 Å². The third-order valence-corrected chi connectivity index (χ3v) is 4.34. The van der Waals surface area contributed by atoms with Crippen molar-refractivity contribution in [3.8, 4) is 0 Å². The zero-order valence-electron chi connectivity index (χ0n) is 13.0. The molecular weight excluding hydrogens is 270 g/mol. The molecule has 0 atom stereocenters. The fraction of sp³-hybridized carbons (Fsp3) is 0.316. The first-order valence-corrected chi connectivity index (χ1v) is 7.97. The zero-order valence-corrected chi connectivity index (χ0v) is 13.0. The van der Waals surface area contributed by atoms with E-state index in [1.807, 2.05) is 24.3 Å². The van der Waals surface area contributed by atoms with Crippen LogP contribution in [0.25, 0.3) is 0 Å². The summed E-state index contributed by atoms with van der Waals surface area (Å²) < 4.78 is 0. The van der Waals surface area contributed by atoms with Crippen LogP contribution < -0.4 is 10.2 Å². The Morgan fingerprint density at radius 1 is 1.00 bits per heavy atom. The maximum absolute atomic E-state index is 8.81. The largest absolute Gasteiger partial charge is 0.317 e. The van der Waals surface area contributed by atoms with Crippen LogP contribution in [0, 0.1) is 18.3 Å². The van der Waals surface area contributed by atoms with Crippen molar-refractivity contribution in [2.75, 3.05) is 18.0 Å². The fourth-order valence-corrected chi connectivity index (χ4v) is 3.08. The number of hydrogen-bond acceptors (Lipinski definition) is 2. The van der Waals surface area contributed by atoms with Gasteiger partial charge < -0.3 is 5.32 Å². The van der Waals surface area contributed by atoms with Crippen molar-refractivity contribution in [1.29, 1.82) is 5.41 Å². The van der Waals surface area contributed by atoms with Crippen molar-refractivity contribution < 1.29 is 0 Å². The van der Waals surface area contributed by atoms with Crippen LogP contribution in [0.3, 0.4) is 0 Å². The van der Waals surface area contributed by atoms with Crippen molar-refractivity contribution in [2.24, 2.45) is 5.92 Å². The van der Waals surface area contributed by atoms with Crippen LogP contribution in [-0.4, -0.2) is 18.9 Å². The molecule has 114 valence electrons. The lowest BCUT2D eigenvalue weighted by molar-refractivity contribution is 0.453. The van der Waals surface area contributed by atoms with E-state index in [2.05, 4.69) is 47.5 Å². The maximum atomic E-state index is 8.81. The van der Waals surface area contributed by atoms with E-state index in [0.29, 0.717) is 11.8 Å². The number of nitrogens with zero attached hydrogens (tertiary/aromatic N) is 1. The molecule has 3 rings (SSSR count). The summed E-state index contributed by atoms with van der Waals surface area (Å²) in [4.78, 5) is 2.12. The van der Waals surface area contributed by atoms with Gasteiger partial charge in [-0.15, -0.1) is 0 Å². The first kappa shape index (κ1) is 14.8. The molecule has 0 aliphatic carbocycles. The summed E-state index contributed by atoms with van der Waals surface area (Å²) in [7, 11) is 0. The van der Waals surface area contributed by atoms with E-state index in [9.17, 15) is 0 Å². The van der Waals surface area contributed by atoms with Gasteiger partial charge in [-0.2, -0.15) is 0 Å². The smallest absolute Gasteiger partial charge is 0.108 e. The van der Waals surface area contributed by atoms with Crippen molar-refractivity contribution in [1.82, 2.24) is 5.32 Å². The number of hydrogen-bond donors (Lipinski definition) is 2. The van der Waals surface area contributed by atoms with Gasteiger partial charge >= 0.3 is 0 Å². The Morgan fingerprint density at radius 3 is 2.32 bits per heavy atom. The molecule has 2 aromatic carbocycles. The first-order valence-electron chi connectivity index (χ1n) is 7.97. The molecule has 3 heteroatoms. The summed E-state index contributed by atoms with van der Waals surface area (Å²) in [6, 6.07) is 18.6. The van der Waals surface area contributed by atoms with Crippen molar-refractivity contribution >= 4 is 17.2 Å². The van der Waals surface area contributed by atoms with Crippen molar-refractivity contribution in [2.45, 2.75) is 19.8 Å². The number of para-hydroxylation sites is 2. The van der Waals surface area contributed by atoms with E-state index in [1.165, 1.54) is 5.56 Å². The highest BCUT2D eigenvalue weighted by atomic mass is 15.2. The van der Waals surface area contributed by atoms with Crippen LogP contribution in [0.15, 0.2) is 54.6 Å². The van der Waals surface area contributed by atoms with Crippen LogP contribution in [0.4, 0.5) is 11.4 Å². The first-order chi connectivity index (χ1) is 10.8. The monoisotopic (exact) mass is 293 g/mol. The molecule has 22 heavy (non-hydrogen) atoms. The molecule has 1 aliphatic heterocycles. The molecule has 0 radical (unpaired) electrons. The minimum atomic E-state index is 0.320. The Bertz CT molecular complexity index is 630. The number of aryl methyl sites for hydroxylation is 1. The standard InChI is InChI=1S/C19H23N3/c1-15-7-5-6-10-18(15)22(17-8-3-2-4-9-17)19(20)16-11-13-21-14-12-16/h2-10,16,20-21H,11-14H2,1H3. The highest BCUT2D eigenvalue weighted by molar-refractivity contribution is 6.04. The molecule has 2 aromatic rings. The number of benzene rings is 2. The summed E-state index contributed by atoms with van der Waals surface area (Å²) in [6.07, 6.45) is 2.07. The summed E-state index contributed by atoms with van der Waals surface area (Å²) >= 11 is 0. The van der Waals surface area contributed by atoms with Gasteiger partial charge in [0.25, 0.3) is 0 Å². The van der Waals surface area contributed by atoms with E-state index in [-0.39, 0.29) is 0 Å². The normalized spacial score (nSPS) is 15.5. The fourth-order valence-electron chi connectivity index (χ4n) is 3.08. The molecule has 1 aliphatic rings. The lowest BCUT2D eigenvalue weighted by atomic mass is 9.95. The second-order valence-corrected chi connectivity index (χ2v) is 5.87. The minimum absolute atomic E-state index is 0.320. The molecule has 0 spiro atoms. The minimum Gasteiger partial charge on any atom is -0.317 e. The van der Waals surface area contributed by atoms with Crippen molar-refractivity contribution in [3.05, 3.63) is 60.2 Å². The summed E-state index contributed by atoms with van der Waals surface area (Å²) in [5, 5.41) is 12.2. The molecule has 0 amide bonds. The lowest BCUT2D eigenvalue weighted by Gasteiger charge is -2.33. The van der Waals surface area contributed by atoms with Gasteiger partial charge in [0.05, 0.1) is 5.69 Å². The predicted octanol–water partition coefficient (Wildman–Crippen LogP) is 4.11. The van der Waals surface area contributed by atoms with Gasteiger partial charge in [-0.25, -0.2) is 0 Å². The third-order valence-electron chi connectivity index (χ3n) is 4.34. The molecule has 2 N–H and O–H groups in total. The van der Waals surface area contributed by atoms with E-state index < -0.39 is 0 Å². The molecular formula is C19H23N3. The van der Waals surface area contributed by atoms with Crippen LogP contribution in [0.1, 0.15) is 18.4 Å². The average molecular weight is 293 g/mol. The number of nitrogens with one attached hydrogen (secondary N) is 2. The number of amidine groups is 1. The van der Waals surface area contributed by atoms with Gasteiger partial charge in [-0.3, -0.25) is 10.3 Å². The highest BCUT2D eigenvalue weighted by Gasteiger charge is 2.25. The highest BCUT2D eigenvalue weighted by Crippen LogP contribution is 2.31. The molecule has 0 aromatic heterocycles. The average Bonchev–Trinajstić information content (AvgIpc) is 2.58. The summed E-state index contributed by atoms with van der Waals surface area (Å²) in [5.74, 6) is 1.03. The van der Waals surface area contributed by atoms with Crippen LogP contribution in [-0.2, 0) is 0 Å². The predicted molar refractivity (Wildman–Crippen MR) is 93.1 cm³/mol. The summed E-state index contributed by atoms with van der Waals surface area (Å²) in [6.45, 7) is 4.12. The van der Waals surface area contributed by atoms with E-state index in [0.717, 1.165) is 37.3 Å². The molecule has 0 saturated carbocycles. The van der Waals surface area contributed by atoms with Crippen LogP contribution >= 0.6 is 0 Å². The van der Waals surface area contributed by atoms with Crippen molar-refractivity contribution in [3.63, 3.8) is 0 Å². The second-order valence-electron chi connectivity index (χ2n) is 5.87. The maximum Gasteiger partial charge on any atom is 0.108 e. The number of anilines is 2. The Hall–Kier alpha value is -2.13. The van der Waals surface area contributed by atoms with Crippen LogP contribution in [0.2, 0.25) is 0 Å². The van der Waals surface area contributed by atoms with E-state index in [4.69, 9.17) is 5.41 Å². The van der Waals surface area contributed by atoms with Gasteiger partial charge in [-0.1, -0.05) is 36.4 Å². The zero-order chi connectivity index (χ0) is 15.4. The number of rotatable bonds is 3. The Morgan fingerprint density at radius 2 is 1.64 bits per heavy atom. The molecule has 1 heterocycles. The molecule has 0 bridgehead atoms. The van der Waals surface area contributed by atoms with Gasteiger partial charge in [0.2, 0.25) is 0 Å². The molecule has 0 unspecified atom stereocenters. The van der Waals surface area contributed by atoms with E-state index >= 15 is 0 Å². The lowest BCUT2D eigenvalue weighted by Crippen LogP contribution is -2.38. The van der Waals surface area contributed by atoms with Gasteiger partial charge in [0.15, 0.2) is 0 Å². The Kier molecular flexibility index (Phi) is 4.54. The topological polar surface area (TPSA) is 39.1 Å². The van der Waals surface area contributed by atoms with Gasteiger partial charge in [-0.05, 0) is 56.6 Å². The molecule has 1 saturated heterocycles. The SMILES string of the molecule is Cc1ccccc1N(C(=N)C1CCNCC1)c1ccccc1. The summed E-state index contributed by atoms with van der Waals surface area (Å²) in [5.41, 5.74) is 3.38. The Labute approximate surface area is 132 Å². The van der Waals surface area contributed by atoms with E-state index in [1.54, 1.807) is 0 Å². The quantitative estimate of drug-likeness (QED) is 0.660. The number of piperidine rings is 1. The molecule has 1 fully saturated rings. The third kappa shape index (κ3) is 3.04. The second kappa shape index (κ2) is 6.75. The van der Waals surface area contributed by atoms with Crippen LogP contribution in [0.5, 0.6) is 0 Å². The Balaban J connectivity index is 2.00. The van der Waals surface area contributed by atoms with Gasteiger partial charge in [0.1, 0.15) is 5.84 Å². The molecule has 3 nitrogen and oxygen atoms in total.